The van der Waals surface area contributed by atoms with Gasteiger partial charge in [0.1, 0.15) is 23.1 Å². The highest BCUT2D eigenvalue weighted by atomic mass is 19.2. The lowest BCUT2D eigenvalue weighted by Crippen LogP contribution is -2.09. The predicted octanol–water partition coefficient (Wildman–Crippen LogP) is 1.88. The van der Waals surface area contributed by atoms with Gasteiger partial charge in [0.25, 0.3) is 0 Å². The van der Waals surface area contributed by atoms with Crippen LogP contribution in [0.3, 0.4) is 0 Å². The summed E-state index contributed by atoms with van der Waals surface area (Å²) in [5.41, 5.74) is 7.59. The number of nitrogens with two attached hydrogens (primary N) is 2. The third kappa shape index (κ3) is 2.08. The lowest BCUT2D eigenvalue weighted by atomic mass is 10.0. The molecule has 0 aliphatic rings. The largest absolute Gasteiger partial charge is 0.382 e. The van der Waals surface area contributed by atoms with E-state index in [0.29, 0.717) is 0 Å². The first-order chi connectivity index (χ1) is 9.79. The highest BCUT2D eigenvalue weighted by molar-refractivity contribution is 5.74. The van der Waals surface area contributed by atoms with Crippen LogP contribution in [0.15, 0.2) is 0 Å². The minimum Gasteiger partial charge on any atom is -0.382 e. The summed E-state index contributed by atoms with van der Waals surface area (Å²) in [4.78, 5) is 6.70. The summed E-state index contributed by atoms with van der Waals surface area (Å²) in [5, 5.41) is 8.87. The zero-order chi connectivity index (χ0) is 15.9. The molecule has 2 rings (SSSR count). The summed E-state index contributed by atoms with van der Waals surface area (Å²) < 4.78 is 66.7. The Morgan fingerprint density at radius 2 is 1.29 bits per heavy atom. The number of hydrogen-bond donors (Lipinski definition) is 2. The Labute approximate surface area is 113 Å². The first-order valence-corrected chi connectivity index (χ1v) is 5.14. The second kappa shape index (κ2) is 4.86. The highest BCUT2D eigenvalue weighted by Gasteiger charge is 2.29. The van der Waals surface area contributed by atoms with Gasteiger partial charge in [0, 0.05) is 0 Å². The molecule has 2 aromatic rings. The summed E-state index contributed by atoms with van der Waals surface area (Å²) in [5.74, 6) is -12.1. The Hall–Kier alpha value is -2.96. The third-order valence-corrected chi connectivity index (χ3v) is 2.51. The van der Waals surface area contributed by atoms with Crippen molar-refractivity contribution in [2.24, 2.45) is 0 Å². The highest BCUT2D eigenvalue weighted by Crippen LogP contribution is 2.33. The van der Waals surface area contributed by atoms with Gasteiger partial charge >= 0.3 is 0 Å². The van der Waals surface area contributed by atoms with E-state index in [1.807, 2.05) is 0 Å². The molecular formula is C11H4F5N5. The summed E-state index contributed by atoms with van der Waals surface area (Å²) in [7, 11) is 0. The van der Waals surface area contributed by atoms with Crippen LogP contribution in [0.1, 0.15) is 5.56 Å². The van der Waals surface area contributed by atoms with Crippen molar-refractivity contribution >= 4 is 11.8 Å². The second-order valence-corrected chi connectivity index (χ2v) is 3.75. The maximum absolute atomic E-state index is 13.7. The Morgan fingerprint density at radius 3 is 1.76 bits per heavy atom. The molecule has 108 valence electrons. The molecule has 1 heterocycles. The molecule has 0 atom stereocenters. The molecule has 0 aliphatic heterocycles. The molecule has 0 aliphatic carbocycles. The summed E-state index contributed by atoms with van der Waals surface area (Å²) >= 11 is 0. The number of nitrogen functional groups attached to an aromatic ring is 2. The van der Waals surface area contributed by atoms with Crippen LogP contribution in [0.5, 0.6) is 0 Å². The monoisotopic (exact) mass is 301 g/mol. The van der Waals surface area contributed by atoms with Crippen molar-refractivity contribution in [3.8, 4) is 17.3 Å². The van der Waals surface area contributed by atoms with Gasteiger partial charge in [0.2, 0.25) is 11.8 Å². The quantitative estimate of drug-likeness (QED) is 0.475. The van der Waals surface area contributed by atoms with Crippen molar-refractivity contribution in [1.29, 1.82) is 5.26 Å². The zero-order valence-corrected chi connectivity index (χ0v) is 9.89. The molecule has 0 bridgehead atoms. The molecule has 0 fully saturated rings. The van der Waals surface area contributed by atoms with Gasteiger partial charge in [0.15, 0.2) is 23.3 Å². The number of aromatic nitrogens is 2. The zero-order valence-electron chi connectivity index (χ0n) is 9.89. The van der Waals surface area contributed by atoms with E-state index in [-0.39, 0.29) is 0 Å². The molecule has 21 heavy (non-hydrogen) atoms. The molecule has 5 nitrogen and oxygen atoms in total. The van der Waals surface area contributed by atoms with Crippen LogP contribution in [-0.2, 0) is 0 Å². The number of rotatable bonds is 1. The minimum atomic E-state index is -2.33. The van der Waals surface area contributed by atoms with Gasteiger partial charge in [-0.25, -0.2) is 26.9 Å². The average Bonchev–Trinajstić information content (AvgIpc) is 2.43. The summed E-state index contributed by atoms with van der Waals surface area (Å²) in [6.07, 6.45) is 0. The lowest BCUT2D eigenvalue weighted by molar-refractivity contribution is 0.381. The number of benzene rings is 1. The van der Waals surface area contributed by atoms with E-state index in [1.165, 1.54) is 6.07 Å². The average molecular weight is 301 g/mol. The topological polar surface area (TPSA) is 102 Å². The van der Waals surface area contributed by atoms with E-state index in [9.17, 15) is 22.0 Å². The van der Waals surface area contributed by atoms with E-state index in [1.54, 1.807) is 0 Å². The molecule has 0 spiro atoms. The predicted molar refractivity (Wildman–Crippen MR) is 60.8 cm³/mol. The molecule has 1 aromatic carbocycles. The maximum atomic E-state index is 13.7. The van der Waals surface area contributed by atoms with Crippen molar-refractivity contribution in [2.45, 2.75) is 0 Å². The van der Waals surface area contributed by atoms with Crippen LogP contribution >= 0.6 is 0 Å². The van der Waals surface area contributed by atoms with Crippen LogP contribution < -0.4 is 11.5 Å². The van der Waals surface area contributed by atoms with Gasteiger partial charge in [0.05, 0.1) is 5.56 Å². The van der Waals surface area contributed by atoms with Gasteiger partial charge in [-0.3, -0.25) is 0 Å². The molecule has 0 radical (unpaired) electrons. The van der Waals surface area contributed by atoms with Crippen molar-refractivity contribution in [3.63, 3.8) is 0 Å². The fourth-order valence-electron chi connectivity index (χ4n) is 1.60. The van der Waals surface area contributed by atoms with Crippen LogP contribution in [-0.4, -0.2) is 9.97 Å². The minimum absolute atomic E-state index is 0.552. The number of hydrogen-bond acceptors (Lipinski definition) is 5. The van der Waals surface area contributed by atoms with Crippen molar-refractivity contribution in [2.75, 3.05) is 11.5 Å². The molecule has 1 aromatic heterocycles. The number of nitriles is 1. The summed E-state index contributed by atoms with van der Waals surface area (Å²) in [6.45, 7) is 0. The van der Waals surface area contributed by atoms with Crippen LogP contribution in [0.4, 0.5) is 33.7 Å². The van der Waals surface area contributed by atoms with Gasteiger partial charge in [-0.05, 0) is 0 Å². The molecule has 0 saturated heterocycles. The van der Waals surface area contributed by atoms with Crippen LogP contribution in [0.2, 0.25) is 0 Å². The Balaban J connectivity index is 2.96. The molecule has 0 unspecified atom stereocenters. The van der Waals surface area contributed by atoms with E-state index >= 15 is 0 Å². The second-order valence-electron chi connectivity index (χ2n) is 3.75. The Morgan fingerprint density at radius 1 is 0.810 bits per heavy atom. The SMILES string of the molecule is N#Cc1c(N)nc(N)nc1-c1c(F)c(F)c(F)c(F)c1F. The molecule has 10 heteroatoms. The van der Waals surface area contributed by atoms with Gasteiger partial charge in [-0.1, -0.05) is 0 Å². The summed E-state index contributed by atoms with van der Waals surface area (Å²) in [6, 6.07) is 1.42. The number of anilines is 2. The van der Waals surface area contributed by atoms with Gasteiger partial charge in [-0.2, -0.15) is 10.2 Å². The lowest BCUT2D eigenvalue weighted by Gasteiger charge is -2.10. The maximum Gasteiger partial charge on any atom is 0.222 e. The van der Waals surface area contributed by atoms with E-state index in [4.69, 9.17) is 16.7 Å². The normalized spacial score (nSPS) is 10.5. The fraction of sp³-hybridized carbons (Fsp3) is 0. The van der Waals surface area contributed by atoms with E-state index < -0.39 is 57.7 Å². The van der Waals surface area contributed by atoms with Gasteiger partial charge in [-0.15, -0.1) is 0 Å². The Bertz CT molecular complexity index is 770. The number of halogens is 5. The van der Waals surface area contributed by atoms with Crippen molar-refractivity contribution < 1.29 is 22.0 Å². The molecule has 0 amide bonds. The van der Waals surface area contributed by atoms with Crippen molar-refractivity contribution in [1.82, 2.24) is 9.97 Å². The van der Waals surface area contributed by atoms with Crippen molar-refractivity contribution in [3.05, 3.63) is 34.6 Å². The molecule has 0 saturated carbocycles. The Kier molecular flexibility index (Phi) is 3.34. The van der Waals surface area contributed by atoms with E-state index in [2.05, 4.69) is 9.97 Å². The first-order valence-electron chi connectivity index (χ1n) is 5.14. The number of nitrogens with zero attached hydrogens (tertiary/aromatic N) is 3. The smallest absolute Gasteiger partial charge is 0.222 e. The standard InChI is InChI=1S/C11H4F5N5/c12-4-3(5(13)7(15)8(16)6(4)14)9-2(1-17)10(18)21-11(19)20-9/h(H4,18,19,20,21). The van der Waals surface area contributed by atoms with Crippen LogP contribution in [0.25, 0.3) is 11.3 Å². The van der Waals surface area contributed by atoms with E-state index in [0.717, 1.165) is 0 Å². The van der Waals surface area contributed by atoms with Gasteiger partial charge < -0.3 is 11.5 Å². The molecule has 4 N–H and O–H groups in total. The van der Waals surface area contributed by atoms with Crippen LogP contribution in [0, 0.1) is 40.4 Å². The third-order valence-electron chi connectivity index (χ3n) is 2.51. The first kappa shape index (κ1) is 14.4. The molecular weight excluding hydrogens is 297 g/mol. The fourth-order valence-corrected chi connectivity index (χ4v) is 1.60.